The highest BCUT2D eigenvalue weighted by atomic mass is 32.1. The first-order valence-electron chi connectivity index (χ1n) is 5.85. The van der Waals surface area contributed by atoms with Gasteiger partial charge in [-0.1, -0.05) is 37.3 Å². The Morgan fingerprint density at radius 1 is 1.28 bits per heavy atom. The second-order valence-corrected chi connectivity index (χ2v) is 5.12. The van der Waals surface area contributed by atoms with E-state index in [1.54, 1.807) is 11.3 Å². The number of aryl methyl sites for hydroxylation is 1. The Morgan fingerprint density at radius 2 is 2.06 bits per heavy atom. The average Bonchev–Trinajstić information content (AvgIpc) is 2.79. The molecular formula is C14H12N2OS. The lowest BCUT2D eigenvalue weighted by atomic mass is 10.0. The number of H-pyrrole nitrogens is 1. The number of nitrogens with zero attached hydrogens (tertiary/aromatic N) is 1. The second kappa shape index (κ2) is 4.38. The predicted octanol–water partition coefficient (Wildman–Crippen LogP) is 3.21. The van der Waals surface area contributed by atoms with E-state index in [0.717, 1.165) is 22.4 Å². The van der Waals surface area contributed by atoms with Crippen molar-refractivity contribution in [1.82, 2.24) is 9.97 Å². The Bertz CT molecular complexity index is 743. The fourth-order valence-electron chi connectivity index (χ4n) is 2.15. The topological polar surface area (TPSA) is 45.8 Å². The van der Waals surface area contributed by atoms with Gasteiger partial charge in [-0.2, -0.15) is 0 Å². The molecule has 0 saturated heterocycles. The Hall–Kier alpha value is -1.94. The number of hydrogen-bond acceptors (Lipinski definition) is 3. The number of nitrogens with one attached hydrogen (secondary N) is 1. The number of rotatable bonds is 2. The summed E-state index contributed by atoms with van der Waals surface area (Å²) in [7, 11) is 0. The first-order chi connectivity index (χ1) is 8.81. The van der Waals surface area contributed by atoms with Crippen molar-refractivity contribution in [1.29, 1.82) is 0 Å². The lowest BCUT2D eigenvalue weighted by molar-refractivity contribution is 1.17. The molecule has 3 aromatic rings. The summed E-state index contributed by atoms with van der Waals surface area (Å²) < 4.78 is 0. The summed E-state index contributed by atoms with van der Waals surface area (Å²) in [5, 5.41) is 0.713. The lowest BCUT2D eigenvalue weighted by Crippen LogP contribution is -2.05. The minimum Gasteiger partial charge on any atom is -0.313 e. The van der Waals surface area contributed by atoms with Gasteiger partial charge in [0, 0.05) is 10.4 Å². The van der Waals surface area contributed by atoms with Crippen LogP contribution in [0, 0.1) is 0 Å². The Morgan fingerprint density at radius 3 is 2.78 bits per heavy atom. The third kappa shape index (κ3) is 1.66. The molecule has 0 aliphatic carbocycles. The van der Waals surface area contributed by atoms with Gasteiger partial charge in [-0.15, -0.1) is 11.3 Å². The predicted molar refractivity (Wildman–Crippen MR) is 75.1 cm³/mol. The van der Waals surface area contributed by atoms with Crippen molar-refractivity contribution in [3.8, 4) is 11.1 Å². The largest absolute Gasteiger partial charge is 0.313 e. The number of hydrogen-bond donors (Lipinski definition) is 1. The molecule has 0 amide bonds. The SMILES string of the molecule is CCc1sc2nc[nH]c(=O)c2c1-c1ccccc1. The molecule has 0 saturated carbocycles. The number of aromatic amines is 1. The lowest BCUT2D eigenvalue weighted by Gasteiger charge is -2.02. The van der Waals surface area contributed by atoms with Gasteiger partial charge in [-0.05, 0) is 12.0 Å². The monoisotopic (exact) mass is 256 g/mol. The maximum absolute atomic E-state index is 12.0. The van der Waals surface area contributed by atoms with E-state index in [-0.39, 0.29) is 5.56 Å². The first kappa shape index (κ1) is 11.2. The molecule has 1 aromatic carbocycles. The molecule has 1 N–H and O–H groups in total. The van der Waals surface area contributed by atoms with Gasteiger partial charge in [0.1, 0.15) is 4.83 Å². The summed E-state index contributed by atoms with van der Waals surface area (Å²) in [5.41, 5.74) is 2.06. The van der Waals surface area contributed by atoms with Crippen molar-refractivity contribution < 1.29 is 0 Å². The van der Waals surface area contributed by atoms with Crippen LogP contribution in [0.3, 0.4) is 0 Å². The molecule has 4 heteroatoms. The molecule has 0 atom stereocenters. The standard InChI is InChI=1S/C14H12N2OS/c1-2-10-11(9-6-4-3-5-7-9)12-13(17)15-8-16-14(12)18-10/h3-8H,2H2,1H3,(H,15,16,17). The fraction of sp³-hybridized carbons (Fsp3) is 0.143. The van der Waals surface area contributed by atoms with Gasteiger partial charge >= 0.3 is 0 Å². The molecule has 0 aliphatic rings. The van der Waals surface area contributed by atoms with E-state index in [4.69, 9.17) is 0 Å². The maximum atomic E-state index is 12.0. The maximum Gasteiger partial charge on any atom is 0.260 e. The van der Waals surface area contributed by atoms with Crippen molar-refractivity contribution in [2.24, 2.45) is 0 Å². The van der Waals surface area contributed by atoms with Crippen LogP contribution in [0.1, 0.15) is 11.8 Å². The van der Waals surface area contributed by atoms with Crippen molar-refractivity contribution in [3.63, 3.8) is 0 Å². The summed E-state index contributed by atoms with van der Waals surface area (Å²) in [5.74, 6) is 0. The average molecular weight is 256 g/mol. The minimum atomic E-state index is -0.0604. The molecule has 3 nitrogen and oxygen atoms in total. The van der Waals surface area contributed by atoms with Gasteiger partial charge in [-0.25, -0.2) is 4.98 Å². The normalized spacial score (nSPS) is 10.9. The number of benzene rings is 1. The van der Waals surface area contributed by atoms with E-state index in [0.29, 0.717) is 5.39 Å². The van der Waals surface area contributed by atoms with Crippen LogP contribution >= 0.6 is 11.3 Å². The van der Waals surface area contributed by atoms with E-state index >= 15 is 0 Å². The van der Waals surface area contributed by atoms with E-state index < -0.39 is 0 Å². The second-order valence-electron chi connectivity index (χ2n) is 4.03. The van der Waals surface area contributed by atoms with Crippen LogP contribution in [0.5, 0.6) is 0 Å². The zero-order chi connectivity index (χ0) is 12.5. The van der Waals surface area contributed by atoms with Crippen LogP contribution in [-0.4, -0.2) is 9.97 Å². The van der Waals surface area contributed by atoms with Crippen molar-refractivity contribution >= 4 is 21.6 Å². The van der Waals surface area contributed by atoms with E-state index in [1.807, 2.05) is 30.3 Å². The van der Waals surface area contributed by atoms with E-state index in [1.165, 1.54) is 11.2 Å². The Labute approximate surface area is 108 Å². The first-order valence-corrected chi connectivity index (χ1v) is 6.67. The molecule has 0 unspecified atom stereocenters. The highest BCUT2D eigenvalue weighted by molar-refractivity contribution is 7.19. The smallest absolute Gasteiger partial charge is 0.260 e. The highest BCUT2D eigenvalue weighted by Crippen LogP contribution is 2.35. The van der Waals surface area contributed by atoms with Crippen molar-refractivity contribution in [3.05, 3.63) is 51.9 Å². The van der Waals surface area contributed by atoms with Crippen molar-refractivity contribution in [2.45, 2.75) is 13.3 Å². The molecule has 2 aromatic heterocycles. The van der Waals surface area contributed by atoms with Crippen molar-refractivity contribution in [2.75, 3.05) is 0 Å². The number of thiophene rings is 1. The molecule has 2 heterocycles. The van der Waals surface area contributed by atoms with Gasteiger partial charge in [0.05, 0.1) is 11.7 Å². The fourth-order valence-corrected chi connectivity index (χ4v) is 3.25. The van der Waals surface area contributed by atoms with Crippen LogP contribution in [-0.2, 0) is 6.42 Å². The van der Waals surface area contributed by atoms with Crippen LogP contribution in [0.15, 0.2) is 41.5 Å². The van der Waals surface area contributed by atoms with E-state index in [9.17, 15) is 4.79 Å². The molecule has 90 valence electrons. The Kier molecular flexibility index (Phi) is 2.72. The third-order valence-corrected chi connectivity index (χ3v) is 4.19. The molecule has 0 spiro atoms. The van der Waals surface area contributed by atoms with Gasteiger partial charge in [0.2, 0.25) is 0 Å². The zero-order valence-corrected chi connectivity index (χ0v) is 10.8. The molecule has 18 heavy (non-hydrogen) atoms. The molecule has 0 aliphatic heterocycles. The quantitative estimate of drug-likeness (QED) is 0.765. The highest BCUT2D eigenvalue weighted by Gasteiger charge is 2.15. The Balaban J connectivity index is 2.43. The summed E-state index contributed by atoms with van der Waals surface area (Å²) in [6, 6.07) is 10.0. The van der Waals surface area contributed by atoms with Gasteiger partial charge < -0.3 is 4.98 Å². The summed E-state index contributed by atoms with van der Waals surface area (Å²) >= 11 is 1.60. The van der Waals surface area contributed by atoms with Gasteiger partial charge in [-0.3, -0.25) is 4.79 Å². The molecule has 3 rings (SSSR count). The number of aromatic nitrogens is 2. The third-order valence-electron chi connectivity index (χ3n) is 2.95. The summed E-state index contributed by atoms with van der Waals surface area (Å²) in [6.45, 7) is 2.10. The molecule has 0 bridgehead atoms. The van der Waals surface area contributed by atoms with Gasteiger partial charge in [0.25, 0.3) is 5.56 Å². The minimum absolute atomic E-state index is 0.0604. The van der Waals surface area contributed by atoms with Crippen LogP contribution in [0.4, 0.5) is 0 Å². The van der Waals surface area contributed by atoms with Crippen LogP contribution in [0.25, 0.3) is 21.3 Å². The van der Waals surface area contributed by atoms with Crippen LogP contribution in [0.2, 0.25) is 0 Å². The van der Waals surface area contributed by atoms with Gasteiger partial charge in [0.15, 0.2) is 0 Å². The molecular weight excluding hydrogens is 244 g/mol. The summed E-state index contributed by atoms with van der Waals surface area (Å²) in [6.07, 6.45) is 2.38. The zero-order valence-electron chi connectivity index (χ0n) is 9.93. The summed E-state index contributed by atoms with van der Waals surface area (Å²) in [4.78, 5) is 21.0. The number of fused-ring (bicyclic) bond motifs is 1. The van der Waals surface area contributed by atoms with Crippen LogP contribution < -0.4 is 5.56 Å². The molecule has 0 radical (unpaired) electrons. The molecule has 0 fully saturated rings. The van der Waals surface area contributed by atoms with E-state index in [2.05, 4.69) is 16.9 Å².